The van der Waals surface area contributed by atoms with Gasteiger partial charge < -0.3 is 19.8 Å². The summed E-state index contributed by atoms with van der Waals surface area (Å²) in [6.07, 6.45) is 0.346. The van der Waals surface area contributed by atoms with Crippen LogP contribution in [0.3, 0.4) is 0 Å². The van der Waals surface area contributed by atoms with E-state index in [1.807, 2.05) is 0 Å². The number of anilines is 1. The van der Waals surface area contributed by atoms with Crippen molar-refractivity contribution < 1.29 is 23.5 Å². The van der Waals surface area contributed by atoms with Crippen molar-refractivity contribution in [2.24, 2.45) is 0 Å². The summed E-state index contributed by atoms with van der Waals surface area (Å²) in [6.45, 7) is 1.54. The van der Waals surface area contributed by atoms with Crippen LogP contribution < -0.4 is 10.6 Å². The van der Waals surface area contributed by atoms with E-state index in [1.165, 1.54) is 19.3 Å². The molecule has 0 fully saturated rings. The van der Waals surface area contributed by atoms with E-state index in [1.54, 1.807) is 30.3 Å². The van der Waals surface area contributed by atoms with Gasteiger partial charge in [0.2, 0.25) is 0 Å². The van der Waals surface area contributed by atoms with Crippen LogP contribution in [0.4, 0.5) is 5.69 Å². The van der Waals surface area contributed by atoms with E-state index in [0.717, 1.165) is 0 Å². The largest absolute Gasteiger partial charge is 0.459 e. The van der Waals surface area contributed by atoms with Gasteiger partial charge in [-0.1, -0.05) is 11.6 Å². The summed E-state index contributed by atoms with van der Waals surface area (Å²) < 4.78 is 9.95. The number of nitrogens with one attached hydrogen (secondary N) is 2. The molecule has 0 unspecified atom stereocenters. The Morgan fingerprint density at radius 2 is 1.92 bits per heavy atom. The Hall–Kier alpha value is -2.80. The number of benzene rings is 1. The minimum absolute atomic E-state index is 0.0645. The third-order valence-corrected chi connectivity index (χ3v) is 3.40. The molecule has 0 bridgehead atoms. The van der Waals surface area contributed by atoms with Crippen molar-refractivity contribution in [3.8, 4) is 0 Å². The van der Waals surface area contributed by atoms with Crippen LogP contribution >= 0.6 is 11.6 Å². The summed E-state index contributed by atoms with van der Waals surface area (Å²) in [6, 6.07) is 9.64. The van der Waals surface area contributed by atoms with E-state index in [4.69, 9.17) is 20.8 Å². The molecule has 0 radical (unpaired) electrons. The molecule has 7 nitrogen and oxygen atoms in total. The first kappa shape index (κ1) is 18.5. The first-order chi connectivity index (χ1) is 12.0. The predicted octanol–water partition coefficient (Wildman–Crippen LogP) is 2.62. The van der Waals surface area contributed by atoms with Crippen LogP contribution in [0, 0.1) is 0 Å². The highest BCUT2D eigenvalue weighted by atomic mass is 35.5. The predicted molar refractivity (Wildman–Crippen MR) is 91.3 cm³/mol. The normalized spacial score (nSPS) is 11.4. The second-order valence-corrected chi connectivity index (χ2v) is 5.55. The molecule has 2 aromatic rings. The molecule has 1 aromatic heterocycles. The van der Waals surface area contributed by atoms with Crippen molar-refractivity contribution in [3.05, 3.63) is 53.4 Å². The molecule has 2 rings (SSSR count). The molecule has 132 valence electrons. The summed E-state index contributed by atoms with van der Waals surface area (Å²) >= 11 is 5.77. The van der Waals surface area contributed by atoms with Crippen molar-refractivity contribution in [3.63, 3.8) is 0 Å². The van der Waals surface area contributed by atoms with Crippen LogP contribution in [0.25, 0.3) is 0 Å². The van der Waals surface area contributed by atoms with Gasteiger partial charge in [-0.3, -0.25) is 14.4 Å². The van der Waals surface area contributed by atoms with Crippen LogP contribution in [-0.2, 0) is 14.3 Å². The van der Waals surface area contributed by atoms with E-state index < -0.39 is 23.9 Å². The van der Waals surface area contributed by atoms with Gasteiger partial charge in [-0.05, 0) is 43.3 Å². The van der Waals surface area contributed by atoms with Crippen molar-refractivity contribution in [2.75, 3.05) is 11.9 Å². The third-order valence-electron chi connectivity index (χ3n) is 3.15. The zero-order chi connectivity index (χ0) is 18.2. The molecular formula is C17H17ClN2O5. The zero-order valence-electron chi connectivity index (χ0n) is 13.5. The number of rotatable bonds is 7. The SMILES string of the molecule is C[C@@H](OC(=O)CCNC(=O)c1ccco1)C(=O)Nc1ccc(Cl)cc1. The molecular weight excluding hydrogens is 348 g/mol. The standard InChI is InChI=1S/C17H17ClN2O5/c1-11(16(22)20-13-6-4-12(18)5-7-13)25-15(21)8-9-19-17(23)14-3-2-10-24-14/h2-7,10-11H,8-9H2,1H3,(H,19,23)(H,20,22)/t11-/m1/s1. The lowest BCUT2D eigenvalue weighted by Crippen LogP contribution is -2.32. The van der Waals surface area contributed by atoms with Crippen LogP contribution in [0.15, 0.2) is 47.1 Å². The lowest BCUT2D eigenvalue weighted by molar-refractivity contribution is -0.153. The van der Waals surface area contributed by atoms with Gasteiger partial charge >= 0.3 is 5.97 Å². The van der Waals surface area contributed by atoms with Gasteiger partial charge in [0.1, 0.15) is 0 Å². The van der Waals surface area contributed by atoms with Crippen molar-refractivity contribution in [1.82, 2.24) is 5.32 Å². The quantitative estimate of drug-likeness (QED) is 0.736. The number of carbonyl (C=O) groups is 3. The second-order valence-electron chi connectivity index (χ2n) is 5.11. The maximum Gasteiger partial charge on any atom is 0.308 e. The van der Waals surface area contributed by atoms with Gasteiger partial charge in [-0.25, -0.2) is 0 Å². The molecule has 1 heterocycles. The summed E-state index contributed by atoms with van der Waals surface area (Å²) in [4.78, 5) is 35.3. The fourth-order valence-electron chi connectivity index (χ4n) is 1.86. The third kappa shape index (κ3) is 5.96. The average molecular weight is 365 g/mol. The second kappa shape index (κ2) is 8.89. The Labute approximate surface area is 149 Å². The molecule has 0 aliphatic carbocycles. The van der Waals surface area contributed by atoms with E-state index in [0.29, 0.717) is 10.7 Å². The van der Waals surface area contributed by atoms with E-state index in [9.17, 15) is 14.4 Å². The van der Waals surface area contributed by atoms with Gasteiger partial charge in [-0.2, -0.15) is 0 Å². The molecule has 8 heteroatoms. The maximum absolute atomic E-state index is 12.0. The average Bonchev–Trinajstić information content (AvgIpc) is 3.11. The van der Waals surface area contributed by atoms with Crippen molar-refractivity contribution in [2.45, 2.75) is 19.4 Å². The Morgan fingerprint density at radius 3 is 2.56 bits per heavy atom. The van der Waals surface area contributed by atoms with E-state index >= 15 is 0 Å². The van der Waals surface area contributed by atoms with Crippen LogP contribution in [-0.4, -0.2) is 30.4 Å². The summed E-state index contributed by atoms with van der Waals surface area (Å²) in [5.74, 6) is -1.33. The van der Waals surface area contributed by atoms with E-state index in [2.05, 4.69) is 10.6 Å². The number of halogens is 1. The molecule has 1 aromatic carbocycles. The number of carbonyl (C=O) groups excluding carboxylic acids is 3. The summed E-state index contributed by atoms with van der Waals surface area (Å²) in [5, 5.41) is 5.68. The minimum atomic E-state index is -0.969. The molecule has 25 heavy (non-hydrogen) atoms. The monoisotopic (exact) mass is 364 g/mol. The van der Waals surface area contributed by atoms with Gasteiger partial charge in [0.15, 0.2) is 11.9 Å². The Kier molecular flexibility index (Phi) is 6.59. The van der Waals surface area contributed by atoms with Crippen molar-refractivity contribution in [1.29, 1.82) is 0 Å². The molecule has 2 N–H and O–H groups in total. The molecule has 0 spiro atoms. The van der Waals surface area contributed by atoms with Crippen LogP contribution in [0.1, 0.15) is 23.9 Å². The summed E-state index contributed by atoms with van der Waals surface area (Å²) in [5.41, 5.74) is 0.544. The summed E-state index contributed by atoms with van der Waals surface area (Å²) in [7, 11) is 0. The lowest BCUT2D eigenvalue weighted by Gasteiger charge is -2.13. The van der Waals surface area contributed by atoms with Gasteiger partial charge in [-0.15, -0.1) is 0 Å². The number of esters is 1. The fourth-order valence-corrected chi connectivity index (χ4v) is 1.99. The first-order valence-corrected chi connectivity index (χ1v) is 7.91. The number of amides is 2. The molecule has 0 saturated heterocycles. The number of ether oxygens (including phenoxy) is 1. The highest BCUT2D eigenvalue weighted by Crippen LogP contribution is 2.14. The molecule has 0 aliphatic rings. The first-order valence-electron chi connectivity index (χ1n) is 7.53. The number of hydrogen-bond acceptors (Lipinski definition) is 5. The zero-order valence-corrected chi connectivity index (χ0v) is 14.2. The topological polar surface area (TPSA) is 97.6 Å². The maximum atomic E-state index is 12.0. The molecule has 0 aliphatic heterocycles. The highest BCUT2D eigenvalue weighted by Gasteiger charge is 2.18. The van der Waals surface area contributed by atoms with Crippen LogP contribution in [0.2, 0.25) is 5.02 Å². The molecule has 0 saturated carbocycles. The Morgan fingerprint density at radius 1 is 1.20 bits per heavy atom. The fraction of sp³-hybridized carbons (Fsp3) is 0.235. The van der Waals surface area contributed by atoms with Gasteiger partial charge in [0.25, 0.3) is 11.8 Å². The number of hydrogen-bond donors (Lipinski definition) is 2. The van der Waals surface area contributed by atoms with Crippen molar-refractivity contribution >= 4 is 35.1 Å². The lowest BCUT2D eigenvalue weighted by atomic mass is 10.3. The van der Waals surface area contributed by atoms with Gasteiger partial charge in [0, 0.05) is 17.3 Å². The van der Waals surface area contributed by atoms with E-state index in [-0.39, 0.29) is 18.7 Å². The highest BCUT2D eigenvalue weighted by molar-refractivity contribution is 6.30. The molecule has 1 atom stereocenters. The van der Waals surface area contributed by atoms with Gasteiger partial charge in [0.05, 0.1) is 12.7 Å². The van der Waals surface area contributed by atoms with Crippen LogP contribution in [0.5, 0.6) is 0 Å². The number of furan rings is 1. The Balaban J connectivity index is 1.71. The minimum Gasteiger partial charge on any atom is -0.459 e. The Bertz CT molecular complexity index is 728. The molecule has 2 amide bonds. The smallest absolute Gasteiger partial charge is 0.308 e.